The summed E-state index contributed by atoms with van der Waals surface area (Å²) in [5.74, 6) is -3.67. The van der Waals surface area contributed by atoms with Crippen LogP contribution < -0.4 is 0 Å². The molecule has 106 valence electrons. The lowest BCUT2D eigenvalue weighted by molar-refractivity contribution is -0.161. The fourth-order valence-corrected chi connectivity index (χ4v) is 2.35. The van der Waals surface area contributed by atoms with Crippen molar-refractivity contribution in [3.63, 3.8) is 0 Å². The molecule has 1 aliphatic carbocycles. The molecule has 1 fully saturated rings. The zero-order valence-corrected chi connectivity index (χ0v) is 11.0. The lowest BCUT2D eigenvalue weighted by Crippen LogP contribution is -2.35. The third-order valence-corrected chi connectivity index (χ3v) is 3.34. The topological polar surface area (TPSA) is 89.9 Å². The van der Waals surface area contributed by atoms with Gasteiger partial charge in [0.1, 0.15) is 0 Å². The highest BCUT2D eigenvalue weighted by Gasteiger charge is 2.41. The summed E-state index contributed by atoms with van der Waals surface area (Å²) in [6.07, 6.45) is 2.81. The molecule has 0 aromatic heterocycles. The van der Waals surface area contributed by atoms with Crippen LogP contribution in [-0.2, 0) is 23.9 Å². The maximum absolute atomic E-state index is 11.8. The van der Waals surface area contributed by atoms with Gasteiger partial charge in [0.25, 0.3) is 0 Å². The first-order valence-electron chi connectivity index (χ1n) is 6.10. The molecular weight excluding hydrogens is 252 g/mol. The Morgan fingerprint density at radius 1 is 1.26 bits per heavy atom. The van der Waals surface area contributed by atoms with Gasteiger partial charge < -0.3 is 14.6 Å². The molecule has 0 heterocycles. The Hall–Kier alpha value is -1.85. The number of hydrogen-bond donors (Lipinski definition) is 1. The van der Waals surface area contributed by atoms with Crippen LogP contribution in [0.5, 0.6) is 0 Å². The molecule has 1 N–H and O–H groups in total. The molecular formula is C13H18O6. The quantitative estimate of drug-likeness (QED) is 0.272. The molecule has 0 aromatic rings. The number of Topliss-reactive ketones (excluding diaryl/α,β-unsaturated/α-hetero) is 1. The largest absolute Gasteiger partial charge is 0.515 e. The van der Waals surface area contributed by atoms with Gasteiger partial charge in [-0.15, -0.1) is 0 Å². The lowest BCUT2D eigenvalue weighted by atomic mass is 9.82. The molecule has 1 rings (SSSR count). The minimum absolute atomic E-state index is 0.0956. The predicted molar refractivity (Wildman–Crippen MR) is 65.2 cm³/mol. The van der Waals surface area contributed by atoms with E-state index in [4.69, 9.17) is 0 Å². The molecule has 1 aliphatic rings. The first-order valence-corrected chi connectivity index (χ1v) is 6.10. The van der Waals surface area contributed by atoms with Gasteiger partial charge in [0.2, 0.25) is 0 Å². The van der Waals surface area contributed by atoms with Crippen LogP contribution in [0, 0.1) is 11.8 Å². The number of aliphatic hydroxyl groups excluding tert-OH is 1. The van der Waals surface area contributed by atoms with Crippen LogP contribution in [0.2, 0.25) is 0 Å². The highest BCUT2D eigenvalue weighted by Crippen LogP contribution is 2.33. The van der Waals surface area contributed by atoms with Gasteiger partial charge >= 0.3 is 11.9 Å². The number of esters is 2. The number of hydrogen-bond acceptors (Lipinski definition) is 6. The van der Waals surface area contributed by atoms with E-state index in [1.165, 1.54) is 14.2 Å². The number of ketones is 1. The second-order valence-electron chi connectivity index (χ2n) is 4.38. The van der Waals surface area contributed by atoms with Crippen LogP contribution in [-0.4, -0.2) is 37.0 Å². The van der Waals surface area contributed by atoms with Crippen LogP contribution in [0.1, 0.15) is 25.7 Å². The van der Waals surface area contributed by atoms with Crippen molar-refractivity contribution in [2.45, 2.75) is 25.7 Å². The number of methoxy groups -OCH3 is 2. The fraction of sp³-hybridized carbons (Fsp3) is 0.615. The lowest BCUT2D eigenvalue weighted by Gasteiger charge is -2.22. The third-order valence-electron chi connectivity index (χ3n) is 3.34. The summed E-state index contributed by atoms with van der Waals surface area (Å²) in [5, 5.41) is 9.23. The molecule has 0 aliphatic heterocycles. The minimum Gasteiger partial charge on any atom is -0.515 e. The van der Waals surface area contributed by atoms with Gasteiger partial charge in [-0.25, -0.2) is 0 Å². The summed E-state index contributed by atoms with van der Waals surface area (Å²) in [6.45, 7) is 0. The van der Waals surface area contributed by atoms with Gasteiger partial charge in [-0.1, -0.05) is 6.42 Å². The van der Waals surface area contributed by atoms with Crippen LogP contribution >= 0.6 is 0 Å². The van der Waals surface area contributed by atoms with E-state index in [0.29, 0.717) is 31.9 Å². The highest BCUT2D eigenvalue weighted by molar-refractivity contribution is 6.01. The number of allylic oxidation sites excluding steroid dienone is 1. The van der Waals surface area contributed by atoms with Crippen molar-refractivity contribution in [1.29, 1.82) is 0 Å². The van der Waals surface area contributed by atoms with Crippen molar-refractivity contribution in [2.75, 3.05) is 14.2 Å². The Labute approximate surface area is 111 Å². The Bertz CT molecular complexity index is 382. The van der Waals surface area contributed by atoms with E-state index in [1.54, 1.807) is 0 Å². The molecule has 1 saturated carbocycles. The molecule has 0 amide bonds. The summed E-state index contributed by atoms with van der Waals surface area (Å²) in [6, 6.07) is 0. The number of ether oxygens (including phenoxy) is 2. The van der Waals surface area contributed by atoms with Crippen molar-refractivity contribution in [3.8, 4) is 0 Å². The van der Waals surface area contributed by atoms with Crippen molar-refractivity contribution >= 4 is 17.7 Å². The molecule has 0 saturated heterocycles. The van der Waals surface area contributed by atoms with Crippen molar-refractivity contribution in [3.05, 3.63) is 11.8 Å². The van der Waals surface area contributed by atoms with E-state index in [2.05, 4.69) is 9.47 Å². The molecule has 19 heavy (non-hydrogen) atoms. The van der Waals surface area contributed by atoms with Gasteiger partial charge in [-0.05, 0) is 12.8 Å². The number of rotatable bonds is 3. The number of carbonyl (C=O) groups excluding carboxylic acids is 3. The van der Waals surface area contributed by atoms with E-state index >= 15 is 0 Å². The Kier molecular flexibility index (Phi) is 5.54. The normalized spacial score (nSPS) is 22.2. The minimum atomic E-state index is -1.21. The van der Waals surface area contributed by atoms with Gasteiger partial charge in [0, 0.05) is 17.9 Å². The van der Waals surface area contributed by atoms with E-state index in [0.717, 1.165) is 0 Å². The molecule has 1 unspecified atom stereocenters. The average Bonchev–Trinajstić information content (AvgIpc) is 2.60. The van der Waals surface area contributed by atoms with Crippen molar-refractivity contribution in [1.82, 2.24) is 0 Å². The van der Waals surface area contributed by atoms with Gasteiger partial charge in [0.15, 0.2) is 11.7 Å². The predicted octanol–water partition coefficient (Wildman–Crippen LogP) is 1.15. The molecule has 0 spiro atoms. The highest BCUT2D eigenvalue weighted by atomic mass is 16.5. The van der Waals surface area contributed by atoms with E-state index in [-0.39, 0.29) is 11.4 Å². The van der Waals surface area contributed by atoms with Crippen LogP contribution in [0.15, 0.2) is 11.8 Å². The number of carbonyl (C=O) groups is 3. The molecule has 0 aromatic carbocycles. The first kappa shape index (κ1) is 15.2. The summed E-state index contributed by atoms with van der Waals surface area (Å²) < 4.78 is 9.20. The van der Waals surface area contributed by atoms with Crippen LogP contribution in [0.25, 0.3) is 0 Å². The maximum Gasteiger partial charge on any atom is 0.320 e. The van der Waals surface area contributed by atoms with E-state index < -0.39 is 23.8 Å². The summed E-state index contributed by atoms with van der Waals surface area (Å²) in [7, 11) is 2.33. The van der Waals surface area contributed by atoms with Gasteiger partial charge in [-0.2, -0.15) is 0 Å². The second kappa shape index (κ2) is 6.92. The monoisotopic (exact) mass is 270 g/mol. The first-order chi connectivity index (χ1) is 9.06. The zero-order chi connectivity index (χ0) is 14.4. The Morgan fingerprint density at radius 2 is 1.84 bits per heavy atom. The average molecular weight is 270 g/mol. The zero-order valence-electron chi connectivity index (χ0n) is 11.0. The van der Waals surface area contributed by atoms with Crippen molar-refractivity contribution in [2.24, 2.45) is 11.8 Å². The van der Waals surface area contributed by atoms with E-state index in [9.17, 15) is 19.5 Å². The number of aliphatic hydroxyl groups is 1. The van der Waals surface area contributed by atoms with Crippen LogP contribution in [0.4, 0.5) is 0 Å². The fourth-order valence-electron chi connectivity index (χ4n) is 2.35. The molecule has 1 atom stereocenters. The van der Waals surface area contributed by atoms with Crippen LogP contribution in [0.3, 0.4) is 0 Å². The molecule has 0 radical (unpaired) electrons. The molecule has 0 bridgehead atoms. The summed E-state index contributed by atoms with van der Waals surface area (Å²) in [5.41, 5.74) is 0.0956. The maximum atomic E-state index is 11.8. The standard InChI is InChI=1S/C13H18O6/c1-18-12(16)11(13(17)19-2)8-5-3-4-6-10(15)9(8)7-14/h7-8,11,14H,3-6H2,1-2H3/b9-7-. The van der Waals surface area contributed by atoms with Gasteiger partial charge in [0.05, 0.1) is 20.5 Å². The summed E-state index contributed by atoms with van der Waals surface area (Å²) in [4.78, 5) is 35.3. The third kappa shape index (κ3) is 3.33. The smallest absolute Gasteiger partial charge is 0.320 e. The summed E-state index contributed by atoms with van der Waals surface area (Å²) >= 11 is 0. The molecule has 6 nitrogen and oxygen atoms in total. The Morgan fingerprint density at radius 3 is 2.32 bits per heavy atom. The molecule has 6 heteroatoms. The van der Waals surface area contributed by atoms with Crippen molar-refractivity contribution < 1.29 is 29.0 Å². The van der Waals surface area contributed by atoms with E-state index in [1.807, 2.05) is 0 Å². The SMILES string of the molecule is COC(=O)C(C(=O)OC)C1CCCCC(=O)/C1=C\O. The second-order valence-corrected chi connectivity index (χ2v) is 4.38. The van der Waals surface area contributed by atoms with Gasteiger partial charge in [-0.3, -0.25) is 14.4 Å². The Balaban J connectivity index is 3.13.